The molecule has 0 aliphatic carbocycles. The van der Waals surface area contributed by atoms with Crippen molar-refractivity contribution < 1.29 is 5.11 Å². The molecule has 1 aromatic heterocycles. The van der Waals surface area contributed by atoms with Crippen molar-refractivity contribution in [3.8, 4) is 6.07 Å². The Morgan fingerprint density at radius 1 is 1.59 bits per heavy atom. The van der Waals surface area contributed by atoms with Crippen molar-refractivity contribution in [2.75, 3.05) is 13.2 Å². The van der Waals surface area contributed by atoms with Gasteiger partial charge in [0.15, 0.2) is 0 Å². The van der Waals surface area contributed by atoms with Gasteiger partial charge in [0.1, 0.15) is 11.8 Å². The Labute approximate surface area is 102 Å². The number of nitrogens with zero attached hydrogens (tertiary/aromatic N) is 2. The molecule has 0 fully saturated rings. The fraction of sp³-hybridized carbons (Fsp3) is 0.538. The van der Waals surface area contributed by atoms with Gasteiger partial charge >= 0.3 is 0 Å². The van der Waals surface area contributed by atoms with Crippen LogP contribution < -0.4 is 5.32 Å². The molecule has 0 aromatic carbocycles. The molecule has 0 aliphatic heterocycles. The maximum Gasteiger partial charge on any atom is 0.140 e. The van der Waals surface area contributed by atoms with Crippen LogP contribution in [0.15, 0.2) is 18.3 Å². The van der Waals surface area contributed by atoms with Crippen LogP contribution in [0.2, 0.25) is 0 Å². The molecule has 1 atom stereocenters. The van der Waals surface area contributed by atoms with Crippen LogP contribution in [0.5, 0.6) is 0 Å². The van der Waals surface area contributed by atoms with Crippen LogP contribution in [0.25, 0.3) is 0 Å². The zero-order valence-electron chi connectivity index (χ0n) is 10.2. The van der Waals surface area contributed by atoms with Gasteiger partial charge in [0.2, 0.25) is 0 Å². The lowest BCUT2D eigenvalue weighted by Gasteiger charge is -2.08. The largest absolute Gasteiger partial charge is 0.396 e. The highest BCUT2D eigenvalue weighted by atomic mass is 16.3. The lowest BCUT2D eigenvalue weighted by Crippen LogP contribution is -2.16. The molecule has 4 heteroatoms. The van der Waals surface area contributed by atoms with E-state index in [1.165, 1.54) is 0 Å². The molecule has 0 saturated heterocycles. The molecular weight excluding hydrogens is 214 g/mol. The van der Waals surface area contributed by atoms with E-state index in [-0.39, 0.29) is 6.61 Å². The van der Waals surface area contributed by atoms with Crippen LogP contribution in [-0.4, -0.2) is 23.2 Å². The molecule has 0 bridgehead atoms. The average molecular weight is 233 g/mol. The second-order valence-electron chi connectivity index (χ2n) is 4.27. The number of hydrogen-bond acceptors (Lipinski definition) is 4. The quantitative estimate of drug-likeness (QED) is 0.699. The summed E-state index contributed by atoms with van der Waals surface area (Å²) in [6.07, 6.45) is 3.74. The van der Waals surface area contributed by atoms with Crippen molar-refractivity contribution in [3.63, 3.8) is 0 Å². The van der Waals surface area contributed by atoms with Crippen LogP contribution in [0.1, 0.15) is 31.0 Å². The smallest absolute Gasteiger partial charge is 0.140 e. The Kier molecular flexibility index (Phi) is 6.23. The van der Waals surface area contributed by atoms with Gasteiger partial charge in [0.25, 0.3) is 0 Å². The minimum Gasteiger partial charge on any atom is -0.396 e. The molecule has 0 aliphatic rings. The lowest BCUT2D eigenvalue weighted by molar-refractivity contribution is 0.228. The maximum atomic E-state index is 8.87. The Balaban J connectivity index is 2.20. The van der Waals surface area contributed by atoms with Gasteiger partial charge in [0, 0.05) is 19.3 Å². The van der Waals surface area contributed by atoms with Crippen LogP contribution in [0, 0.1) is 17.2 Å². The van der Waals surface area contributed by atoms with E-state index in [1.807, 2.05) is 19.1 Å². The van der Waals surface area contributed by atoms with Crippen molar-refractivity contribution in [1.82, 2.24) is 10.3 Å². The summed E-state index contributed by atoms with van der Waals surface area (Å²) in [6, 6.07) is 5.73. The fourth-order valence-electron chi connectivity index (χ4n) is 1.54. The Morgan fingerprint density at radius 3 is 3.12 bits per heavy atom. The summed E-state index contributed by atoms with van der Waals surface area (Å²) in [5, 5.41) is 20.9. The van der Waals surface area contributed by atoms with Crippen LogP contribution in [-0.2, 0) is 6.54 Å². The molecule has 4 nitrogen and oxygen atoms in total. The third-order valence-electron chi connectivity index (χ3n) is 2.63. The Morgan fingerprint density at radius 2 is 2.41 bits per heavy atom. The lowest BCUT2D eigenvalue weighted by atomic mass is 10.1. The van der Waals surface area contributed by atoms with E-state index in [0.717, 1.165) is 31.5 Å². The number of nitriles is 1. The van der Waals surface area contributed by atoms with E-state index in [4.69, 9.17) is 10.4 Å². The number of nitrogens with one attached hydrogen (secondary N) is 1. The first kappa shape index (κ1) is 13.6. The van der Waals surface area contributed by atoms with Gasteiger partial charge in [0.05, 0.1) is 0 Å². The average Bonchev–Trinajstić information content (AvgIpc) is 2.38. The molecule has 92 valence electrons. The molecular formula is C13H19N3O. The zero-order valence-corrected chi connectivity index (χ0v) is 10.2. The van der Waals surface area contributed by atoms with Crippen molar-refractivity contribution in [2.45, 2.75) is 26.3 Å². The second kappa shape index (κ2) is 7.77. The van der Waals surface area contributed by atoms with Gasteiger partial charge in [-0.2, -0.15) is 5.26 Å². The van der Waals surface area contributed by atoms with Crippen molar-refractivity contribution in [2.24, 2.45) is 5.92 Å². The van der Waals surface area contributed by atoms with Crippen molar-refractivity contribution >= 4 is 0 Å². The minimum atomic E-state index is 0.260. The number of rotatable bonds is 7. The SMILES string of the molecule is CC(CO)CCCNCc1ccnc(C#N)c1. The third kappa shape index (κ3) is 5.43. The minimum absolute atomic E-state index is 0.260. The van der Waals surface area contributed by atoms with Crippen LogP contribution >= 0.6 is 0 Å². The molecule has 0 radical (unpaired) electrons. The first-order chi connectivity index (χ1) is 8.26. The summed E-state index contributed by atoms with van der Waals surface area (Å²) in [4.78, 5) is 3.92. The monoisotopic (exact) mass is 233 g/mol. The highest BCUT2D eigenvalue weighted by Crippen LogP contribution is 2.04. The second-order valence-corrected chi connectivity index (χ2v) is 4.27. The predicted octanol–water partition coefficient (Wildman–Crippen LogP) is 1.45. The summed E-state index contributed by atoms with van der Waals surface area (Å²) in [6.45, 7) is 3.98. The maximum absolute atomic E-state index is 8.87. The van der Waals surface area contributed by atoms with E-state index in [2.05, 4.69) is 10.3 Å². The number of hydrogen-bond donors (Lipinski definition) is 2. The summed E-state index contributed by atoms with van der Waals surface area (Å²) in [7, 11) is 0. The van der Waals surface area contributed by atoms with E-state index in [1.54, 1.807) is 12.3 Å². The van der Waals surface area contributed by atoms with Crippen LogP contribution in [0.4, 0.5) is 0 Å². The van der Waals surface area contributed by atoms with Gasteiger partial charge in [-0.15, -0.1) is 0 Å². The molecule has 1 unspecified atom stereocenters. The molecule has 1 rings (SSSR count). The van der Waals surface area contributed by atoms with Gasteiger partial charge in [-0.1, -0.05) is 6.92 Å². The number of aliphatic hydroxyl groups is 1. The molecule has 1 aromatic rings. The van der Waals surface area contributed by atoms with Gasteiger partial charge in [-0.25, -0.2) is 4.98 Å². The topological polar surface area (TPSA) is 68.9 Å². The molecule has 0 amide bonds. The molecule has 0 spiro atoms. The third-order valence-corrected chi connectivity index (χ3v) is 2.63. The van der Waals surface area contributed by atoms with Crippen molar-refractivity contribution in [3.05, 3.63) is 29.6 Å². The number of aromatic nitrogens is 1. The number of aliphatic hydroxyl groups excluding tert-OH is 1. The summed E-state index contributed by atoms with van der Waals surface area (Å²) >= 11 is 0. The normalized spacial score (nSPS) is 12.1. The summed E-state index contributed by atoms with van der Waals surface area (Å²) < 4.78 is 0. The van der Waals surface area contributed by atoms with E-state index in [0.29, 0.717) is 11.6 Å². The molecule has 0 saturated carbocycles. The van der Waals surface area contributed by atoms with Crippen LogP contribution in [0.3, 0.4) is 0 Å². The predicted molar refractivity (Wildman–Crippen MR) is 66.1 cm³/mol. The van der Waals surface area contributed by atoms with Crippen molar-refractivity contribution in [1.29, 1.82) is 5.26 Å². The molecule has 17 heavy (non-hydrogen) atoms. The van der Waals surface area contributed by atoms with E-state index >= 15 is 0 Å². The molecule has 1 heterocycles. The standard InChI is InChI=1S/C13H19N3O/c1-11(10-17)3-2-5-15-9-12-4-6-16-13(7-12)8-14/h4,6-7,11,15,17H,2-3,5,9-10H2,1H3. The number of pyridine rings is 1. The van der Waals surface area contributed by atoms with Gasteiger partial charge < -0.3 is 10.4 Å². The highest BCUT2D eigenvalue weighted by Gasteiger charge is 1.99. The van der Waals surface area contributed by atoms with Gasteiger partial charge in [-0.3, -0.25) is 0 Å². The van der Waals surface area contributed by atoms with E-state index in [9.17, 15) is 0 Å². The zero-order chi connectivity index (χ0) is 12.5. The Hall–Kier alpha value is -1.44. The fourth-order valence-corrected chi connectivity index (χ4v) is 1.54. The van der Waals surface area contributed by atoms with Gasteiger partial charge in [-0.05, 0) is 43.0 Å². The summed E-state index contributed by atoms with van der Waals surface area (Å²) in [5.41, 5.74) is 1.53. The summed E-state index contributed by atoms with van der Waals surface area (Å²) in [5.74, 6) is 0.378. The highest BCUT2D eigenvalue weighted by molar-refractivity contribution is 5.25. The van der Waals surface area contributed by atoms with E-state index < -0.39 is 0 Å². The first-order valence-corrected chi connectivity index (χ1v) is 5.93. The molecule has 2 N–H and O–H groups in total. The first-order valence-electron chi connectivity index (χ1n) is 5.93. The Bertz CT molecular complexity index is 373.